The lowest BCUT2D eigenvalue weighted by molar-refractivity contribution is 0.00827. The molecule has 0 saturated carbocycles. The minimum Gasteiger partial charge on any atom is -0.378 e. The second kappa shape index (κ2) is 10.2. The van der Waals surface area contributed by atoms with E-state index in [1.54, 1.807) is 17.9 Å². The van der Waals surface area contributed by atoms with Crippen molar-refractivity contribution in [1.82, 2.24) is 19.9 Å². The number of hydrogen-bond acceptors (Lipinski definition) is 5. The Morgan fingerprint density at radius 2 is 2.11 bits per heavy atom. The van der Waals surface area contributed by atoms with Crippen molar-refractivity contribution in [2.75, 3.05) is 26.2 Å². The van der Waals surface area contributed by atoms with E-state index < -0.39 is 5.82 Å². The van der Waals surface area contributed by atoms with Crippen LogP contribution in [0.4, 0.5) is 4.39 Å². The lowest BCUT2D eigenvalue weighted by Crippen LogP contribution is -2.41. The topological polar surface area (TPSA) is 86.3 Å². The van der Waals surface area contributed by atoms with E-state index in [1.165, 1.54) is 16.8 Å². The van der Waals surface area contributed by atoms with E-state index in [0.29, 0.717) is 37.6 Å². The number of hydrogen-bond donors (Lipinski definition) is 1. The fourth-order valence-corrected chi connectivity index (χ4v) is 3.27. The van der Waals surface area contributed by atoms with Crippen LogP contribution < -0.4 is 5.73 Å². The zero-order chi connectivity index (χ0) is 19.4. The zero-order valence-corrected chi connectivity index (χ0v) is 17.2. The van der Waals surface area contributed by atoms with E-state index >= 15 is 0 Å². The number of carbonyl (C=O) groups is 1. The number of amides is 1. The highest BCUT2D eigenvalue weighted by atomic mass is 35.5. The van der Waals surface area contributed by atoms with Gasteiger partial charge in [-0.15, -0.1) is 17.5 Å². The Morgan fingerprint density at radius 3 is 2.75 bits per heavy atom. The van der Waals surface area contributed by atoms with E-state index in [4.69, 9.17) is 22.1 Å². The van der Waals surface area contributed by atoms with E-state index in [9.17, 15) is 9.18 Å². The largest absolute Gasteiger partial charge is 0.378 e. The van der Waals surface area contributed by atoms with Crippen LogP contribution in [0.5, 0.6) is 0 Å². The average molecular weight is 432 g/mol. The smallest absolute Gasteiger partial charge is 0.276 e. The molecule has 28 heavy (non-hydrogen) atoms. The molecule has 1 aliphatic heterocycles. The molecule has 2 N–H and O–H groups in total. The average Bonchev–Trinajstić information content (AvgIpc) is 3.05. The van der Waals surface area contributed by atoms with Gasteiger partial charge in [-0.2, -0.15) is 0 Å². The summed E-state index contributed by atoms with van der Waals surface area (Å²) in [5, 5.41) is 8.07. The molecular formula is C18H24Cl2FN5O2. The fraction of sp³-hybridized carbons (Fsp3) is 0.500. The van der Waals surface area contributed by atoms with Gasteiger partial charge in [-0.05, 0) is 50.9 Å². The van der Waals surface area contributed by atoms with Gasteiger partial charge in [0, 0.05) is 19.7 Å². The molecule has 1 aliphatic rings. The first-order valence-corrected chi connectivity index (χ1v) is 9.37. The molecule has 3 rings (SSSR count). The number of piperidine rings is 1. The summed E-state index contributed by atoms with van der Waals surface area (Å²) in [5.41, 5.74) is 6.90. The quantitative estimate of drug-likeness (QED) is 0.710. The van der Waals surface area contributed by atoms with Gasteiger partial charge in [0.25, 0.3) is 5.91 Å². The van der Waals surface area contributed by atoms with Gasteiger partial charge in [0.2, 0.25) is 0 Å². The number of rotatable bonds is 6. The molecule has 2 aromatic rings. The lowest BCUT2D eigenvalue weighted by atomic mass is 10.1. The van der Waals surface area contributed by atoms with Crippen molar-refractivity contribution >= 4 is 29.9 Å². The summed E-state index contributed by atoms with van der Waals surface area (Å²) in [6.07, 6.45) is 2.59. The third kappa shape index (κ3) is 5.00. The molecule has 0 spiro atoms. The number of carbonyl (C=O) groups excluding carboxylic acids is 1. The Balaban J connectivity index is 0.00000280. The molecule has 2 heterocycles. The number of nitrogens with two attached hydrogens (primary N) is 1. The van der Waals surface area contributed by atoms with Gasteiger partial charge in [-0.1, -0.05) is 16.8 Å². The second-order valence-corrected chi connectivity index (χ2v) is 6.95. The highest BCUT2D eigenvalue weighted by Gasteiger charge is 2.27. The summed E-state index contributed by atoms with van der Waals surface area (Å²) in [6, 6.07) is 4.26. The van der Waals surface area contributed by atoms with Crippen molar-refractivity contribution in [3.8, 4) is 5.69 Å². The molecule has 0 radical (unpaired) electrons. The zero-order valence-electron chi connectivity index (χ0n) is 15.6. The molecule has 0 atom stereocenters. The number of aromatic nitrogens is 3. The molecule has 0 bridgehead atoms. The minimum atomic E-state index is -0.508. The maximum Gasteiger partial charge on any atom is 0.276 e. The first-order valence-electron chi connectivity index (χ1n) is 9.00. The maximum absolute atomic E-state index is 13.4. The van der Waals surface area contributed by atoms with Gasteiger partial charge in [0.1, 0.15) is 5.82 Å². The molecule has 154 valence electrons. The Bertz CT molecular complexity index is 809. The van der Waals surface area contributed by atoms with Crippen molar-refractivity contribution in [2.24, 2.45) is 5.73 Å². The first-order chi connectivity index (χ1) is 13.0. The highest BCUT2D eigenvalue weighted by molar-refractivity contribution is 6.30. The summed E-state index contributed by atoms with van der Waals surface area (Å²) in [4.78, 5) is 14.6. The first kappa shape index (κ1) is 22.5. The normalized spacial score (nSPS) is 14.8. The van der Waals surface area contributed by atoms with E-state index in [2.05, 4.69) is 10.3 Å². The summed E-state index contributed by atoms with van der Waals surface area (Å²) >= 11 is 5.84. The van der Waals surface area contributed by atoms with Crippen LogP contribution in [0.1, 0.15) is 35.4 Å². The van der Waals surface area contributed by atoms with Crippen molar-refractivity contribution in [3.63, 3.8) is 0 Å². The third-order valence-corrected chi connectivity index (χ3v) is 4.97. The fourth-order valence-electron chi connectivity index (χ4n) is 3.10. The van der Waals surface area contributed by atoms with Crippen LogP contribution in [0.25, 0.3) is 5.69 Å². The van der Waals surface area contributed by atoms with Crippen molar-refractivity contribution < 1.29 is 13.9 Å². The molecule has 1 aromatic carbocycles. The van der Waals surface area contributed by atoms with Crippen molar-refractivity contribution in [3.05, 3.63) is 40.4 Å². The molecule has 1 saturated heterocycles. The molecule has 0 aliphatic carbocycles. The van der Waals surface area contributed by atoms with Crippen LogP contribution in [0.3, 0.4) is 0 Å². The molecule has 0 unspecified atom stereocenters. The van der Waals surface area contributed by atoms with E-state index in [1.807, 2.05) is 0 Å². The van der Waals surface area contributed by atoms with Crippen LogP contribution in [0.15, 0.2) is 18.2 Å². The SMILES string of the molecule is Cc1c(C(=O)N2CCC(OCCCN)CC2)nnn1-c1ccc(F)c(Cl)c1.Cl. The van der Waals surface area contributed by atoms with Crippen LogP contribution in [-0.2, 0) is 4.74 Å². The van der Waals surface area contributed by atoms with E-state index in [-0.39, 0.29) is 35.1 Å². The standard InChI is InChI=1S/C18H23ClFN5O2.ClH/c1-12-17(22-23-25(12)13-3-4-16(20)15(19)11-13)18(26)24-8-5-14(6-9-24)27-10-2-7-21;/h3-4,11,14H,2,5-10,21H2,1H3;1H. The monoisotopic (exact) mass is 431 g/mol. The van der Waals surface area contributed by atoms with E-state index in [0.717, 1.165) is 19.3 Å². The summed E-state index contributed by atoms with van der Waals surface area (Å²) in [6.45, 7) is 4.25. The lowest BCUT2D eigenvalue weighted by Gasteiger charge is -2.31. The van der Waals surface area contributed by atoms with Crippen LogP contribution >= 0.6 is 24.0 Å². The molecule has 7 nitrogen and oxygen atoms in total. The molecule has 1 fully saturated rings. The van der Waals surface area contributed by atoms with Crippen LogP contribution in [0.2, 0.25) is 5.02 Å². The maximum atomic E-state index is 13.4. The van der Waals surface area contributed by atoms with Crippen molar-refractivity contribution in [2.45, 2.75) is 32.3 Å². The number of likely N-dealkylation sites (tertiary alicyclic amines) is 1. The molecular weight excluding hydrogens is 408 g/mol. The third-order valence-electron chi connectivity index (χ3n) is 4.68. The number of ether oxygens (including phenoxy) is 1. The Morgan fingerprint density at radius 1 is 1.39 bits per heavy atom. The molecule has 1 aromatic heterocycles. The van der Waals surface area contributed by atoms with Crippen LogP contribution in [-0.4, -0.2) is 58.1 Å². The van der Waals surface area contributed by atoms with Gasteiger partial charge in [-0.3, -0.25) is 4.79 Å². The Hall–Kier alpha value is -1.74. The van der Waals surface area contributed by atoms with Gasteiger partial charge in [0.15, 0.2) is 5.69 Å². The highest BCUT2D eigenvalue weighted by Crippen LogP contribution is 2.21. The molecule has 1 amide bonds. The summed E-state index contributed by atoms with van der Waals surface area (Å²) in [7, 11) is 0. The van der Waals surface area contributed by atoms with Gasteiger partial charge >= 0.3 is 0 Å². The molecule has 10 heteroatoms. The van der Waals surface area contributed by atoms with Gasteiger partial charge in [-0.25, -0.2) is 9.07 Å². The number of benzene rings is 1. The predicted molar refractivity (Wildman–Crippen MR) is 107 cm³/mol. The van der Waals surface area contributed by atoms with Gasteiger partial charge in [0.05, 0.1) is 22.5 Å². The summed E-state index contributed by atoms with van der Waals surface area (Å²) < 4.78 is 20.6. The van der Waals surface area contributed by atoms with Crippen LogP contribution in [0, 0.1) is 12.7 Å². The minimum absolute atomic E-state index is 0. The Labute approximate surface area is 174 Å². The van der Waals surface area contributed by atoms with Gasteiger partial charge < -0.3 is 15.4 Å². The summed E-state index contributed by atoms with van der Waals surface area (Å²) in [5.74, 6) is -0.668. The second-order valence-electron chi connectivity index (χ2n) is 6.54. The predicted octanol–water partition coefficient (Wildman–Crippen LogP) is 2.76. The Kier molecular flexibility index (Phi) is 8.18. The number of halogens is 3. The number of nitrogens with zero attached hydrogens (tertiary/aromatic N) is 4. The van der Waals surface area contributed by atoms with Crippen molar-refractivity contribution in [1.29, 1.82) is 0 Å².